The second kappa shape index (κ2) is 8.68. The number of amides is 4. The monoisotopic (exact) mass is 461 g/mol. The Bertz CT molecular complexity index is 1030. The number of thioether (sulfide) groups is 1. The van der Waals surface area contributed by atoms with E-state index in [0.29, 0.717) is 34.4 Å². The van der Waals surface area contributed by atoms with Crippen molar-refractivity contribution in [2.75, 3.05) is 25.6 Å². The Balaban J connectivity index is 1.32. The second-order valence-corrected chi connectivity index (χ2v) is 8.77. The van der Waals surface area contributed by atoms with Crippen LogP contribution >= 0.6 is 23.4 Å². The predicted octanol–water partition coefficient (Wildman–Crippen LogP) is 2.74. The molecule has 2 aliphatic rings. The van der Waals surface area contributed by atoms with Crippen molar-refractivity contribution in [2.45, 2.75) is 17.4 Å². The van der Waals surface area contributed by atoms with Gasteiger partial charge >= 0.3 is 6.03 Å². The third-order valence-corrected chi connectivity index (χ3v) is 6.30. The number of nitrogens with one attached hydrogen (secondary N) is 2. The van der Waals surface area contributed by atoms with E-state index in [9.17, 15) is 14.4 Å². The number of carbonyl (C=O) groups is 3. The van der Waals surface area contributed by atoms with Gasteiger partial charge in [0.1, 0.15) is 12.1 Å². The molecule has 0 spiro atoms. The summed E-state index contributed by atoms with van der Waals surface area (Å²) in [5.41, 5.74) is -0.736. The molecular weight excluding hydrogens is 442 g/mol. The molecule has 2 N–H and O–H groups in total. The number of rotatable bonds is 7. The SMILES string of the molecule is CC1(c2ccc3c(c2)OCO3)NC(=O)N(CC(=O)NCCSc2ccc(Cl)cc2)C1=O. The van der Waals surface area contributed by atoms with Crippen LogP contribution in [0, 0.1) is 0 Å². The smallest absolute Gasteiger partial charge is 0.325 e. The van der Waals surface area contributed by atoms with Crippen molar-refractivity contribution in [1.29, 1.82) is 0 Å². The number of ether oxygens (including phenoxy) is 2. The first-order valence-electron chi connectivity index (χ1n) is 9.56. The van der Waals surface area contributed by atoms with Crippen LogP contribution in [-0.2, 0) is 15.1 Å². The minimum absolute atomic E-state index is 0.110. The molecule has 0 saturated carbocycles. The Kier molecular flexibility index (Phi) is 5.97. The van der Waals surface area contributed by atoms with E-state index in [1.54, 1.807) is 49.0 Å². The highest BCUT2D eigenvalue weighted by atomic mass is 35.5. The van der Waals surface area contributed by atoms with E-state index in [4.69, 9.17) is 21.1 Å². The van der Waals surface area contributed by atoms with E-state index in [2.05, 4.69) is 10.6 Å². The summed E-state index contributed by atoms with van der Waals surface area (Å²) in [5, 5.41) is 6.09. The fourth-order valence-corrected chi connectivity index (χ4v) is 4.23. The zero-order chi connectivity index (χ0) is 22.0. The van der Waals surface area contributed by atoms with E-state index in [1.165, 1.54) is 0 Å². The Labute approximate surface area is 188 Å². The zero-order valence-corrected chi connectivity index (χ0v) is 18.2. The summed E-state index contributed by atoms with van der Waals surface area (Å²) in [7, 11) is 0. The number of halogens is 1. The van der Waals surface area contributed by atoms with Gasteiger partial charge in [0, 0.05) is 22.2 Å². The third kappa shape index (κ3) is 4.42. The molecule has 1 saturated heterocycles. The maximum Gasteiger partial charge on any atom is 0.325 e. The molecule has 2 aliphatic heterocycles. The van der Waals surface area contributed by atoms with Gasteiger partial charge in [0.25, 0.3) is 5.91 Å². The second-order valence-electron chi connectivity index (χ2n) is 7.17. The van der Waals surface area contributed by atoms with Crippen molar-refractivity contribution in [1.82, 2.24) is 15.5 Å². The van der Waals surface area contributed by atoms with Crippen molar-refractivity contribution in [3.05, 3.63) is 53.1 Å². The molecule has 0 aliphatic carbocycles. The number of urea groups is 1. The molecule has 162 valence electrons. The van der Waals surface area contributed by atoms with Crippen LogP contribution < -0.4 is 20.1 Å². The predicted molar refractivity (Wildman–Crippen MR) is 115 cm³/mol. The molecule has 0 bridgehead atoms. The summed E-state index contributed by atoms with van der Waals surface area (Å²) in [5.74, 6) is 0.826. The Morgan fingerprint density at radius 2 is 1.94 bits per heavy atom. The van der Waals surface area contributed by atoms with Crippen LogP contribution in [0.2, 0.25) is 5.02 Å². The van der Waals surface area contributed by atoms with Gasteiger partial charge in [-0.2, -0.15) is 0 Å². The summed E-state index contributed by atoms with van der Waals surface area (Å²) in [6, 6.07) is 11.8. The van der Waals surface area contributed by atoms with Gasteiger partial charge in [0.05, 0.1) is 0 Å². The molecule has 1 atom stereocenters. The minimum Gasteiger partial charge on any atom is -0.454 e. The molecule has 10 heteroatoms. The molecular formula is C21H20ClN3O5S. The fourth-order valence-electron chi connectivity index (χ4n) is 3.33. The Morgan fingerprint density at radius 3 is 2.71 bits per heavy atom. The standard InChI is InChI=1S/C21H20ClN3O5S/c1-21(13-2-7-16-17(10-13)30-12-29-16)19(27)25(20(28)24-21)11-18(26)23-8-9-31-15-5-3-14(22)4-6-15/h2-7,10H,8-9,11-12H2,1H3,(H,23,26)(H,24,28). The highest BCUT2D eigenvalue weighted by Gasteiger charge is 2.49. The van der Waals surface area contributed by atoms with Crippen LogP contribution in [0.4, 0.5) is 4.79 Å². The summed E-state index contributed by atoms with van der Waals surface area (Å²) in [6.45, 7) is 1.76. The number of hydrogen-bond donors (Lipinski definition) is 2. The maximum atomic E-state index is 13.0. The number of hydrogen-bond acceptors (Lipinski definition) is 6. The normalized spacial score (nSPS) is 19.5. The van der Waals surface area contributed by atoms with Crippen LogP contribution in [0.5, 0.6) is 11.5 Å². The van der Waals surface area contributed by atoms with Crippen LogP contribution in [0.15, 0.2) is 47.4 Å². The van der Waals surface area contributed by atoms with Crippen LogP contribution in [0.25, 0.3) is 0 Å². The van der Waals surface area contributed by atoms with Crippen molar-refractivity contribution in [3.63, 3.8) is 0 Å². The number of carbonyl (C=O) groups excluding carboxylic acids is 3. The summed E-state index contributed by atoms with van der Waals surface area (Å²) in [6.07, 6.45) is 0. The van der Waals surface area contributed by atoms with E-state index < -0.39 is 23.4 Å². The molecule has 8 nitrogen and oxygen atoms in total. The van der Waals surface area contributed by atoms with Gasteiger partial charge in [-0.15, -0.1) is 11.8 Å². The van der Waals surface area contributed by atoms with Crippen molar-refractivity contribution < 1.29 is 23.9 Å². The summed E-state index contributed by atoms with van der Waals surface area (Å²) >= 11 is 7.43. The molecule has 1 fully saturated rings. The quantitative estimate of drug-likeness (QED) is 0.374. The first-order valence-corrected chi connectivity index (χ1v) is 10.9. The number of benzene rings is 2. The maximum absolute atomic E-state index is 13.0. The molecule has 0 radical (unpaired) electrons. The molecule has 2 aromatic carbocycles. The minimum atomic E-state index is -1.29. The lowest BCUT2D eigenvalue weighted by molar-refractivity contribution is -0.134. The van der Waals surface area contributed by atoms with E-state index >= 15 is 0 Å². The molecule has 0 aromatic heterocycles. The highest BCUT2D eigenvalue weighted by Crippen LogP contribution is 2.37. The first-order chi connectivity index (χ1) is 14.9. The lowest BCUT2D eigenvalue weighted by atomic mass is 9.91. The van der Waals surface area contributed by atoms with Gasteiger partial charge in [-0.25, -0.2) is 4.79 Å². The van der Waals surface area contributed by atoms with E-state index in [1.807, 2.05) is 12.1 Å². The Morgan fingerprint density at radius 1 is 1.19 bits per heavy atom. The van der Waals surface area contributed by atoms with E-state index in [0.717, 1.165) is 9.80 Å². The summed E-state index contributed by atoms with van der Waals surface area (Å²) in [4.78, 5) is 39.7. The summed E-state index contributed by atoms with van der Waals surface area (Å²) < 4.78 is 10.6. The van der Waals surface area contributed by atoms with Gasteiger partial charge in [0.15, 0.2) is 11.5 Å². The average Bonchev–Trinajstić information content (AvgIpc) is 3.31. The molecule has 2 heterocycles. The zero-order valence-electron chi connectivity index (χ0n) is 16.6. The Hall–Kier alpha value is -2.91. The largest absolute Gasteiger partial charge is 0.454 e. The number of fused-ring (bicyclic) bond motifs is 1. The van der Waals surface area contributed by atoms with Crippen LogP contribution in [0.1, 0.15) is 12.5 Å². The molecule has 31 heavy (non-hydrogen) atoms. The van der Waals surface area contributed by atoms with Crippen LogP contribution in [-0.4, -0.2) is 48.4 Å². The third-order valence-electron chi connectivity index (χ3n) is 5.03. The van der Waals surface area contributed by atoms with Gasteiger partial charge in [-0.05, 0) is 48.9 Å². The van der Waals surface area contributed by atoms with Crippen molar-refractivity contribution >= 4 is 41.2 Å². The van der Waals surface area contributed by atoms with Gasteiger partial charge in [-0.3, -0.25) is 14.5 Å². The fraction of sp³-hybridized carbons (Fsp3) is 0.286. The van der Waals surface area contributed by atoms with Crippen molar-refractivity contribution in [3.8, 4) is 11.5 Å². The van der Waals surface area contributed by atoms with E-state index in [-0.39, 0.29) is 13.3 Å². The average molecular weight is 462 g/mol. The first kappa shape index (κ1) is 21.3. The number of imide groups is 1. The molecule has 4 rings (SSSR count). The highest BCUT2D eigenvalue weighted by molar-refractivity contribution is 7.99. The lowest BCUT2D eigenvalue weighted by Gasteiger charge is -2.22. The van der Waals surface area contributed by atoms with Crippen molar-refractivity contribution in [2.24, 2.45) is 0 Å². The molecule has 1 unspecified atom stereocenters. The molecule has 2 aromatic rings. The number of nitrogens with zero attached hydrogens (tertiary/aromatic N) is 1. The van der Waals surface area contributed by atoms with Crippen LogP contribution in [0.3, 0.4) is 0 Å². The van der Waals surface area contributed by atoms with Gasteiger partial charge in [0.2, 0.25) is 12.7 Å². The molecule has 4 amide bonds. The van der Waals surface area contributed by atoms with Gasteiger partial charge in [-0.1, -0.05) is 17.7 Å². The lowest BCUT2D eigenvalue weighted by Crippen LogP contribution is -2.43. The topological polar surface area (TPSA) is 97.0 Å². The van der Waals surface area contributed by atoms with Gasteiger partial charge < -0.3 is 20.1 Å².